The lowest BCUT2D eigenvalue weighted by Gasteiger charge is -2.07. The van der Waals surface area contributed by atoms with E-state index in [0.717, 1.165) is 11.3 Å². The topological polar surface area (TPSA) is 110 Å². The van der Waals surface area contributed by atoms with Crippen molar-refractivity contribution in [2.24, 2.45) is 0 Å². The van der Waals surface area contributed by atoms with Crippen molar-refractivity contribution in [3.63, 3.8) is 0 Å². The summed E-state index contributed by atoms with van der Waals surface area (Å²) in [6, 6.07) is 10.1. The van der Waals surface area contributed by atoms with E-state index < -0.39 is 11.0 Å². The van der Waals surface area contributed by atoms with Gasteiger partial charge in [0.1, 0.15) is 5.01 Å². The minimum atomic E-state index is -0.559. The maximum absolute atomic E-state index is 12.0. The number of nitro benzene ring substituents is 1. The number of hydrogen-bond acceptors (Lipinski definition) is 6. The fourth-order valence-corrected chi connectivity index (χ4v) is 3.18. The number of nitro groups is 1. The number of amides is 2. The average molecular weight is 410 g/mol. The fourth-order valence-electron chi connectivity index (χ4n) is 1.98. The number of carbonyl (C=O) groups is 1. The van der Waals surface area contributed by atoms with E-state index in [4.69, 9.17) is 23.2 Å². The number of aromatic nitrogens is 2. The van der Waals surface area contributed by atoms with E-state index in [2.05, 4.69) is 20.8 Å². The summed E-state index contributed by atoms with van der Waals surface area (Å²) < 4.78 is 0. The Kier molecular flexibility index (Phi) is 5.31. The van der Waals surface area contributed by atoms with Crippen LogP contribution >= 0.6 is 34.5 Å². The molecule has 0 saturated carbocycles. The summed E-state index contributed by atoms with van der Waals surface area (Å²) in [6.45, 7) is 0. The molecule has 0 bridgehead atoms. The molecule has 3 aromatic rings. The molecule has 0 radical (unpaired) electrons. The van der Waals surface area contributed by atoms with Crippen molar-refractivity contribution in [2.75, 3.05) is 10.6 Å². The average Bonchev–Trinajstić information content (AvgIpc) is 3.06. The van der Waals surface area contributed by atoms with E-state index >= 15 is 0 Å². The molecule has 0 saturated heterocycles. The summed E-state index contributed by atoms with van der Waals surface area (Å²) in [5.41, 5.74) is 0.866. The third-order valence-electron chi connectivity index (χ3n) is 3.13. The summed E-state index contributed by atoms with van der Waals surface area (Å²) in [6.07, 6.45) is 0. The highest BCUT2D eigenvalue weighted by Gasteiger charge is 2.13. The molecule has 0 atom stereocenters. The van der Waals surface area contributed by atoms with E-state index in [0.29, 0.717) is 26.3 Å². The van der Waals surface area contributed by atoms with Crippen molar-refractivity contribution in [2.45, 2.75) is 0 Å². The van der Waals surface area contributed by atoms with Gasteiger partial charge in [0.15, 0.2) is 0 Å². The largest absolute Gasteiger partial charge is 0.325 e. The number of anilines is 2. The highest BCUT2D eigenvalue weighted by molar-refractivity contribution is 7.18. The maximum atomic E-state index is 12.0. The normalized spacial score (nSPS) is 10.4. The van der Waals surface area contributed by atoms with Crippen LogP contribution in [0.4, 0.5) is 21.3 Å². The molecule has 132 valence electrons. The predicted octanol–water partition coefficient (Wildman–Crippen LogP) is 5.06. The van der Waals surface area contributed by atoms with Gasteiger partial charge in [-0.1, -0.05) is 46.7 Å². The Hall–Kier alpha value is -2.75. The Bertz CT molecular complexity index is 995. The first kappa shape index (κ1) is 18.1. The lowest BCUT2D eigenvalue weighted by atomic mass is 10.2. The number of hydrogen-bond donors (Lipinski definition) is 2. The third kappa shape index (κ3) is 4.26. The zero-order valence-electron chi connectivity index (χ0n) is 12.8. The number of nitrogens with zero attached hydrogens (tertiary/aromatic N) is 3. The second-order valence-corrected chi connectivity index (χ2v) is 6.74. The first-order valence-corrected chi connectivity index (χ1v) is 8.61. The zero-order valence-corrected chi connectivity index (χ0v) is 15.1. The Morgan fingerprint density at radius 3 is 2.65 bits per heavy atom. The van der Waals surface area contributed by atoms with Gasteiger partial charge in [0, 0.05) is 22.7 Å². The van der Waals surface area contributed by atoms with Crippen LogP contribution in [0.5, 0.6) is 0 Å². The molecule has 8 nitrogen and oxygen atoms in total. The summed E-state index contributed by atoms with van der Waals surface area (Å²) in [5.74, 6) is 0. The van der Waals surface area contributed by atoms with Crippen LogP contribution in [0.2, 0.25) is 10.0 Å². The highest BCUT2D eigenvalue weighted by Crippen LogP contribution is 2.29. The third-order valence-corrected chi connectivity index (χ3v) is 4.56. The number of rotatable bonds is 4. The fraction of sp³-hybridized carbons (Fsp3) is 0. The minimum Gasteiger partial charge on any atom is -0.306 e. The van der Waals surface area contributed by atoms with Gasteiger partial charge in [0.05, 0.1) is 15.6 Å². The first-order chi connectivity index (χ1) is 12.4. The summed E-state index contributed by atoms with van der Waals surface area (Å²) in [7, 11) is 0. The number of halogens is 2. The summed E-state index contributed by atoms with van der Waals surface area (Å²) in [5, 5.41) is 25.2. The van der Waals surface area contributed by atoms with Gasteiger partial charge >= 0.3 is 6.03 Å². The molecule has 0 aliphatic heterocycles. The van der Waals surface area contributed by atoms with Crippen LogP contribution in [0.1, 0.15) is 0 Å². The van der Waals surface area contributed by atoms with Gasteiger partial charge in [-0.3, -0.25) is 15.4 Å². The number of carbonyl (C=O) groups excluding carboxylic acids is 1. The van der Waals surface area contributed by atoms with Crippen molar-refractivity contribution in [1.82, 2.24) is 10.2 Å². The van der Waals surface area contributed by atoms with Crippen molar-refractivity contribution in [1.29, 1.82) is 0 Å². The van der Waals surface area contributed by atoms with Crippen molar-refractivity contribution >= 4 is 57.1 Å². The van der Waals surface area contributed by atoms with E-state index in [9.17, 15) is 14.9 Å². The smallest absolute Gasteiger partial charge is 0.306 e. The van der Waals surface area contributed by atoms with E-state index in [1.54, 1.807) is 24.3 Å². The van der Waals surface area contributed by atoms with Crippen molar-refractivity contribution in [3.05, 3.63) is 62.6 Å². The van der Waals surface area contributed by atoms with Gasteiger partial charge in [-0.15, -0.1) is 10.2 Å². The molecule has 3 rings (SSSR count). The lowest BCUT2D eigenvalue weighted by molar-refractivity contribution is -0.384. The molecule has 11 heteroatoms. The standard InChI is InChI=1S/C15H9Cl2N5O3S/c16-9-4-5-12(11(17)7-9)18-14(23)19-15-21-20-13(26-15)8-2-1-3-10(6-8)22(24)25/h1-7H,(H2,18,19,21,23). The van der Waals surface area contributed by atoms with Crippen LogP contribution in [-0.2, 0) is 0 Å². The Balaban J connectivity index is 1.71. The van der Waals surface area contributed by atoms with Crippen molar-refractivity contribution < 1.29 is 9.72 Å². The molecule has 2 amide bonds. The van der Waals surface area contributed by atoms with Crippen LogP contribution in [0.25, 0.3) is 10.6 Å². The molecule has 1 aromatic heterocycles. The molecule has 0 unspecified atom stereocenters. The van der Waals surface area contributed by atoms with Crippen LogP contribution in [0, 0.1) is 10.1 Å². The summed E-state index contributed by atoms with van der Waals surface area (Å²) >= 11 is 12.9. The molecule has 2 N–H and O–H groups in total. The second-order valence-electron chi connectivity index (χ2n) is 4.92. The van der Waals surface area contributed by atoms with Crippen molar-refractivity contribution in [3.8, 4) is 10.6 Å². The van der Waals surface area contributed by atoms with Gasteiger partial charge < -0.3 is 5.32 Å². The number of non-ortho nitro benzene ring substituents is 1. The zero-order chi connectivity index (χ0) is 18.7. The monoisotopic (exact) mass is 409 g/mol. The SMILES string of the molecule is O=C(Nc1nnc(-c2cccc([N+](=O)[O-])c2)s1)Nc1ccc(Cl)cc1Cl. The molecule has 0 aliphatic rings. The molecular weight excluding hydrogens is 401 g/mol. The maximum Gasteiger partial charge on any atom is 0.325 e. The van der Waals surface area contributed by atoms with Gasteiger partial charge in [0.25, 0.3) is 5.69 Å². The van der Waals surface area contributed by atoms with Crippen LogP contribution in [0.3, 0.4) is 0 Å². The van der Waals surface area contributed by atoms with Gasteiger partial charge in [-0.05, 0) is 18.2 Å². The van der Waals surface area contributed by atoms with E-state index in [1.807, 2.05) is 0 Å². The molecule has 1 heterocycles. The van der Waals surface area contributed by atoms with E-state index in [1.165, 1.54) is 18.2 Å². The van der Waals surface area contributed by atoms with E-state index in [-0.39, 0.29) is 10.8 Å². The molecule has 0 aliphatic carbocycles. The molecule has 26 heavy (non-hydrogen) atoms. The number of urea groups is 1. The molecule has 2 aromatic carbocycles. The number of benzene rings is 2. The minimum absolute atomic E-state index is 0.0534. The molecular formula is C15H9Cl2N5O3S. The highest BCUT2D eigenvalue weighted by atomic mass is 35.5. The molecule has 0 spiro atoms. The first-order valence-electron chi connectivity index (χ1n) is 7.04. The van der Waals surface area contributed by atoms with Crippen LogP contribution < -0.4 is 10.6 Å². The van der Waals surface area contributed by atoms with Gasteiger partial charge in [-0.25, -0.2) is 4.79 Å². The van der Waals surface area contributed by atoms with Crippen LogP contribution in [-0.4, -0.2) is 21.2 Å². The summed E-state index contributed by atoms with van der Waals surface area (Å²) in [4.78, 5) is 22.4. The Morgan fingerprint density at radius 1 is 1.12 bits per heavy atom. The van der Waals surface area contributed by atoms with Gasteiger partial charge in [0.2, 0.25) is 5.13 Å². The quantitative estimate of drug-likeness (QED) is 0.461. The molecule has 0 fully saturated rings. The Labute approximate surface area is 160 Å². The number of nitrogens with one attached hydrogen (secondary N) is 2. The lowest BCUT2D eigenvalue weighted by Crippen LogP contribution is -2.19. The van der Waals surface area contributed by atoms with Gasteiger partial charge in [-0.2, -0.15) is 0 Å². The second kappa shape index (κ2) is 7.65. The van der Waals surface area contributed by atoms with Crippen LogP contribution in [0.15, 0.2) is 42.5 Å². The Morgan fingerprint density at radius 2 is 1.92 bits per heavy atom. The predicted molar refractivity (Wildman–Crippen MR) is 101 cm³/mol.